The molecule has 0 saturated carbocycles. The third-order valence-corrected chi connectivity index (χ3v) is 3.78. The molecule has 5 nitrogen and oxygen atoms in total. The lowest BCUT2D eigenvalue weighted by molar-refractivity contribution is 0.0945. The average Bonchev–Trinajstić information content (AvgIpc) is 2.98. The number of anilines is 1. The van der Waals surface area contributed by atoms with Gasteiger partial charge in [0.15, 0.2) is 0 Å². The maximum absolute atomic E-state index is 12.3. The predicted octanol–water partition coefficient (Wildman–Crippen LogP) is 1.98. The van der Waals surface area contributed by atoms with Crippen molar-refractivity contribution in [3.8, 4) is 0 Å². The fraction of sp³-hybridized carbons (Fsp3) is 0.625. The van der Waals surface area contributed by atoms with Crippen LogP contribution < -0.4 is 10.6 Å². The van der Waals surface area contributed by atoms with E-state index in [0.717, 1.165) is 13.1 Å². The van der Waals surface area contributed by atoms with Gasteiger partial charge in [-0.3, -0.25) is 4.79 Å². The van der Waals surface area contributed by atoms with Gasteiger partial charge >= 0.3 is 0 Å². The molecule has 0 aliphatic carbocycles. The van der Waals surface area contributed by atoms with Crippen LogP contribution in [0.4, 0.5) is 5.82 Å². The zero-order chi connectivity index (χ0) is 15.1. The van der Waals surface area contributed by atoms with Crippen molar-refractivity contribution in [2.45, 2.75) is 26.7 Å². The number of amides is 1. The Bertz CT molecular complexity index is 457. The monoisotopic (exact) mass is 290 g/mol. The Morgan fingerprint density at radius 3 is 2.90 bits per heavy atom. The van der Waals surface area contributed by atoms with Crippen LogP contribution in [0.2, 0.25) is 0 Å². The van der Waals surface area contributed by atoms with Crippen LogP contribution in [0.5, 0.6) is 0 Å². The number of rotatable bonds is 7. The molecule has 2 heterocycles. The summed E-state index contributed by atoms with van der Waals surface area (Å²) in [5, 5.41) is 6.15. The molecule has 1 fully saturated rings. The van der Waals surface area contributed by atoms with E-state index in [1.54, 1.807) is 12.3 Å². The van der Waals surface area contributed by atoms with Crippen molar-refractivity contribution >= 4 is 11.7 Å². The molecule has 0 bridgehead atoms. The minimum Gasteiger partial charge on any atom is -0.370 e. The van der Waals surface area contributed by atoms with Crippen LogP contribution in [0, 0.1) is 5.92 Å². The molecule has 1 amide bonds. The first kappa shape index (κ1) is 15.8. The van der Waals surface area contributed by atoms with Crippen molar-refractivity contribution in [1.29, 1.82) is 0 Å². The number of aromatic nitrogens is 1. The molecule has 1 saturated heterocycles. The Balaban J connectivity index is 1.83. The summed E-state index contributed by atoms with van der Waals surface area (Å²) in [6.45, 7) is 9.10. The Labute approximate surface area is 127 Å². The van der Waals surface area contributed by atoms with Crippen molar-refractivity contribution in [2.24, 2.45) is 5.92 Å². The summed E-state index contributed by atoms with van der Waals surface area (Å²) in [5.41, 5.74) is 0.618. The van der Waals surface area contributed by atoms with Crippen molar-refractivity contribution in [2.75, 3.05) is 38.0 Å². The smallest absolute Gasteiger partial charge is 0.255 e. The third kappa shape index (κ3) is 4.70. The summed E-state index contributed by atoms with van der Waals surface area (Å²) >= 11 is 0. The van der Waals surface area contributed by atoms with Crippen molar-refractivity contribution < 1.29 is 4.79 Å². The molecule has 1 aliphatic heterocycles. The topological polar surface area (TPSA) is 57.3 Å². The van der Waals surface area contributed by atoms with Gasteiger partial charge in [-0.25, -0.2) is 4.98 Å². The molecule has 1 aliphatic rings. The van der Waals surface area contributed by atoms with Crippen molar-refractivity contribution in [3.05, 3.63) is 23.9 Å². The second-order valence-corrected chi connectivity index (χ2v) is 5.75. The number of carbonyl (C=O) groups excluding carboxylic acids is 1. The molecule has 2 N–H and O–H groups in total. The van der Waals surface area contributed by atoms with E-state index in [4.69, 9.17) is 0 Å². The second kappa shape index (κ2) is 7.98. The van der Waals surface area contributed by atoms with Gasteiger partial charge in [-0.15, -0.1) is 0 Å². The number of nitrogens with one attached hydrogen (secondary N) is 2. The van der Waals surface area contributed by atoms with Gasteiger partial charge < -0.3 is 15.5 Å². The van der Waals surface area contributed by atoms with Crippen LogP contribution in [-0.4, -0.2) is 48.5 Å². The van der Waals surface area contributed by atoms with Crippen molar-refractivity contribution in [3.63, 3.8) is 0 Å². The first-order chi connectivity index (χ1) is 10.2. The molecular weight excluding hydrogens is 264 g/mol. The highest BCUT2D eigenvalue weighted by atomic mass is 16.1. The Kier molecular flexibility index (Phi) is 5.99. The number of hydrogen-bond donors (Lipinski definition) is 2. The number of likely N-dealkylation sites (tertiary alicyclic amines) is 1. The molecule has 5 heteroatoms. The highest BCUT2D eigenvalue weighted by Gasteiger charge is 2.16. The minimum atomic E-state index is -0.0488. The second-order valence-electron chi connectivity index (χ2n) is 5.75. The SMILES string of the molecule is CCNc1ncccc1C(=O)NCC(C)CN1CCCC1. The summed E-state index contributed by atoms with van der Waals surface area (Å²) in [6, 6.07) is 3.61. The molecular formula is C16H26N4O. The van der Waals surface area contributed by atoms with Crippen molar-refractivity contribution in [1.82, 2.24) is 15.2 Å². The zero-order valence-corrected chi connectivity index (χ0v) is 13.1. The van der Waals surface area contributed by atoms with Gasteiger partial charge in [0.1, 0.15) is 5.82 Å². The minimum absolute atomic E-state index is 0.0488. The van der Waals surface area contributed by atoms with Crippen LogP contribution in [0.25, 0.3) is 0 Å². The first-order valence-electron chi connectivity index (χ1n) is 7.90. The maximum Gasteiger partial charge on any atom is 0.255 e. The lowest BCUT2D eigenvalue weighted by atomic mass is 10.1. The molecule has 21 heavy (non-hydrogen) atoms. The van der Waals surface area contributed by atoms with E-state index in [1.165, 1.54) is 25.9 Å². The lowest BCUT2D eigenvalue weighted by Crippen LogP contribution is -2.34. The fourth-order valence-corrected chi connectivity index (χ4v) is 2.73. The normalized spacial score (nSPS) is 16.7. The van der Waals surface area contributed by atoms with E-state index in [2.05, 4.69) is 27.4 Å². The third-order valence-electron chi connectivity index (χ3n) is 3.78. The van der Waals surface area contributed by atoms with E-state index in [-0.39, 0.29) is 5.91 Å². The highest BCUT2D eigenvalue weighted by Crippen LogP contribution is 2.12. The van der Waals surface area contributed by atoms with Gasteiger partial charge in [-0.2, -0.15) is 0 Å². The van der Waals surface area contributed by atoms with Gasteiger partial charge in [0, 0.05) is 25.8 Å². The Morgan fingerprint density at radius 1 is 1.43 bits per heavy atom. The van der Waals surface area contributed by atoms with E-state index in [0.29, 0.717) is 23.8 Å². The molecule has 1 aromatic rings. The number of nitrogens with zero attached hydrogens (tertiary/aromatic N) is 2. The number of pyridine rings is 1. The molecule has 2 rings (SSSR count). The molecule has 0 spiro atoms. The van der Waals surface area contributed by atoms with Gasteiger partial charge in [-0.1, -0.05) is 6.92 Å². The van der Waals surface area contributed by atoms with Gasteiger partial charge in [0.05, 0.1) is 5.56 Å². The summed E-state index contributed by atoms with van der Waals surface area (Å²) in [4.78, 5) is 19.0. The maximum atomic E-state index is 12.3. The van der Waals surface area contributed by atoms with E-state index >= 15 is 0 Å². The van der Waals surface area contributed by atoms with Crippen LogP contribution >= 0.6 is 0 Å². The summed E-state index contributed by atoms with van der Waals surface area (Å²) in [6.07, 6.45) is 4.31. The van der Waals surface area contributed by atoms with Gasteiger partial charge in [0.25, 0.3) is 5.91 Å². The molecule has 1 atom stereocenters. The van der Waals surface area contributed by atoms with E-state index < -0.39 is 0 Å². The predicted molar refractivity (Wildman–Crippen MR) is 85.6 cm³/mol. The van der Waals surface area contributed by atoms with Crippen LogP contribution in [-0.2, 0) is 0 Å². The molecule has 116 valence electrons. The highest BCUT2D eigenvalue weighted by molar-refractivity contribution is 5.98. The van der Waals surface area contributed by atoms with Gasteiger partial charge in [0.2, 0.25) is 0 Å². The lowest BCUT2D eigenvalue weighted by Gasteiger charge is -2.20. The fourth-order valence-electron chi connectivity index (χ4n) is 2.73. The standard InChI is InChI=1S/C16H26N4O/c1-3-17-15-14(7-6-8-18-15)16(21)19-11-13(2)12-20-9-4-5-10-20/h6-8,13H,3-5,9-12H2,1-2H3,(H,17,18)(H,19,21). The molecule has 0 radical (unpaired) electrons. The number of hydrogen-bond acceptors (Lipinski definition) is 4. The Morgan fingerprint density at radius 2 is 2.19 bits per heavy atom. The average molecular weight is 290 g/mol. The first-order valence-corrected chi connectivity index (χ1v) is 7.90. The van der Waals surface area contributed by atoms with Gasteiger partial charge in [-0.05, 0) is 50.9 Å². The Hall–Kier alpha value is -1.62. The van der Waals surface area contributed by atoms with E-state index in [1.807, 2.05) is 13.0 Å². The molecule has 1 unspecified atom stereocenters. The van der Waals surface area contributed by atoms with Crippen LogP contribution in [0.3, 0.4) is 0 Å². The van der Waals surface area contributed by atoms with Crippen LogP contribution in [0.1, 0.15) is 37.0 Å². The van der Waals surface area contributed by atoms with Crippen LogP contribution in [0.15, 0.2) is 18.3 Å². The molecule has 1 aromatic heterocycles. The summed E-state index contributed by atoms with van der Waals surface area (Å²) in [5.74, 6) is 1.07. The quantitative estimate of drug-likeness (QED) is 0.806. The molecule has 0 aromatic carbocycles. The number of carbonyl (C=O) groups is 1. The largest absolute Gasteiger partial charge is 0.370 e. The van der Waals surface area contributed by atoms with E-state index in [9.17, 15) is 4.79 Å². The summed E-state index contributed by atoms with van der Waals surface area (Å²) in [7, 11) is 0. The summed E-state index contributed by atoms with van der Waals surface area (Å²) < 4.78 is 0. The zero-order valence-electron chi connectivity index (χ0n) is 13.1.